The number of benzene rings is 1. The number of aryl methyl sites for hydroxylation is 1. The number of rotatable bonds is 5. The Bertz CT molecular complexity index is 557. The molecule has 0 radical (unpaired) electrons. The zero-order valence-corrected chi connectivity index (χ0v) is 11.0. The average Bonchev–Trinajstić information content (AvgIpc) is 3.21. The second-order valence-corrected chi connectivity index (χ2v) is 4.85. The van der Waals surface area contributed by atoms with Crippen LogP contribution in [0.4, 0.5) is 0 Å². The molecule has 0 amide bonds. The highest BCUT2D eigenvalue weighted by Gasteiger charge is 2.28. The number of nitrogens with two attached hydrogens (primary N) is 1. The van der Waals surface area contributed by atoms with Crippen molar-refractivity contribution >= 4 is 0 Å². The average molecular weight is 258 g/mol. The fraction of sp³-hybridized carbons (Fsp3) is 0.429. The lowest BCUT2D eigenvalue weighted by atomic mass is 10.2. The minimum absolute atomic E-state index is 0.524. The van der Waals surface area contributed by atoms with Gasteiger partial charge in [0.25, 0.3) is 0 Å². The number of hydrogen-bond acceptors (Lipinski definition) is 4. The summed E-state index contributed by atoms with van der Waals surface area (Å²) in [7, 11) is 1.94. The van der Waals surface area contributed by atoms with E-state index >= 15 is 0 Å². The molecule has 1 aromatic carbocycles. The van der Waals surface area contributed by atoms with Gasteiger partial charge in [0.05, 0.1) is 0 Å². The minimum Gasteiger partial charge on any atom is -0.492 e. The summed E-state index contributed by atoms with van der Waals surface area (Å²) in [4.78, 5) is 4.62. The van der Waals surface area contributed by atoms with Gasteiger partial charge in [0, 0.05) is 25.1 Å². The van der Waals surface area contributed by atoms with Crippen LogP contribution < -0.4 is 10.5 Å². The van der Waals surface area contributed by atoms with Gasteiger partial charge in [-0.3, -0.25) is 0 Å². The van der Waals surface area contributed by atoms with E-state index in [0.29, 0.717) is 19.1 Å². The Hall–Kier alpha value is -1.88. The maximum absolute atomic E-state index is 5.46. The Kier molecular flexibility index (Phi) is 3.21. The molecule has 1 aliphatic carbocycles. The highest BCUT2D eigenvalue weighted by molar-refractivity contribution is 5.56. The first-order valence-corrected chi connectivity index (χ1v) is 6.62. The molecular formula is C14H18N4O. The molecule has 1 fully saturated rings. The summed E-state index contributed by atoms with van der Waals surface area (Å²) >= 11 is 0. The third-order valence-corrected chi connectivity index (χ3v) is 3.22. The van der Waals surface area contributed by atoms with Gasteiger partial charge < -0.3 is 10.5 Å². The summed E-state index contributed by atoms with van der Waals surface area (Å²) in [6.45, 7) is 1.06. The number of aromatic nitrogens is 3. The van der Waals surface area contributed by atoms with E-state index in [1.54, 1.807) is 0 Å². The van der Waals surface area contributed by atoms with Crippen LogP contribution in [-0.2, 0) is 7.05 Å². The van der Waals surface area contributed by atoms with Crippen molar-refractivity contribution in [3.05, 3.63) is 30.1 Å². The van der Waals surface area contributed by atoms with Crippen molar-refractivity contribution in [3.8, 4) is 17.1 Å². The first-order chi connectivity index (χ1) is 9.28. The van der Waals surface area contributed by atoms with Crippen LogP contribution in [-0.4, -0.2) is 27.9 Å². The summed E-state index contributed by atoms with van der Waals surface area (Å²) in [6, 6.07) is 7.89. The topological polar surface area (TPSA) is 66.0 Å². The quantitative estimate of drug-likeness (QED) is 0.886. The van der Waals surface area contributed by atoms with Crippen LogP contribution in [0.3, 0.4) is 0 Å². The normalized spacial score (nSPS) is 14.6. The summed E-state index contributed by atoms with van der Waals surface area (Å²) in [5, 5.41) is 4.48. The standard InChI is InChI=1S/C14H18N4O/c1-18-14(16-13(17-18)10-2-3-10)11-4-6-12(7-5-11)19-9-8-15/h4-7,10H,2-3,8-9,15H2,1H3. The number of hydrogen-bond donors (Lipinski definition) is 1. The molecular weight excluding hydrogens is 240 g/mol. The molecule has 0 atom stereocenters. The van der Waals surface area contributed by atoms with Gasteiger partial charge >= 0.3 is 0 Å². The van der Waals surface area contributed by atoms with Crippen molar-refractivity contribution in [2.45, 2.75) is 18.8 Å². The van der Waals surface area contributed by atoms with Gasteiger partial charge in [0.1, 0.15) is 12.4 Å². The molecule has 1 heterocycles. The lowest BCUT2D eigenvalue weighted by Gasteiger charge is -2.05. The molecule has 1 aromatic heterocycles. The Morgan fingerprint density at radius 2 is 2.05 bits per heavy atom. The van der Waals surface area contributed by atoms with E-state index in [1.165, 1.54) is 12.8 Å². The zero-order chi connectivity index (χ0) is 13.2. The highest BCUT2D eigenvalue weighted by Crippen LogP contribution is 2.38. The molecule has 0 spiro atoms. The second-order valence-electron chi connectivity index (χ2n) is 4.85. The van der Waals surface area contributed by atoms with Crippen LogP contribution in [0.25, 0.3) is 11.4 Å². The molecule has 0 unspecified atom stereocenters. The SMILES string of the molecule is Cn1nc(C2CC2)nc1-c1ccc(OCCN)cc1. The van der Waals surface area contributed by atoms with Gasteiger partial charge in [0.15, 0.2) is 11.6 Å². The van der Waals surface area contributed by atoms with E-state index in [4.69, 9.17) is 10.5 Å². The maximum Gasteiger partial charge on any atom is 0.158 e. The van der Waals surface area contributed by atoms with Crippen LogP contribution >= 0.6 is 0 Å². The Labute approximate surface area is 112 Å². The van der Waals surface area contributed by atoms with E-state index < -0.39 is 0 Å². The predicted octanol–water partition coefficient (Wildman–Crippen LogP) is 1.70. The third kappa shape index (κ3) is 2.61. The van der Waals surface area contributed by atoms with Gasteiger partial charge in [-0.05, 0) is 37.1 Å². The first kappa shape index (κ1) is 12.2. The van der Waals surface area contributed by atoms with Crippen molar-refractivity contribution in [2.75, 3.05) is 13.2 Å². The van der Waals surface area contributed by atoms with Gasteiger partial charge in [0.2, 0.25) is 0 Å². The fourth-order valence-corrected chi connectivity index (χ4v) is 2.05. The molecule has 19 heavy (non-hydrogen) atoms. The summed E-state index contributed by atoms with van der Waals surface area (Å²) in [5.41, 5.74) is 6.46. The molecule has 5 nitrogen and oxygen atoms in total. The number of nitrogens with zero attached hydrogens (tertiary/aromatic N) is 3. The van der Waals surface area contributed by atoms with Crippen LogP contribution in [0.1, 0.15) is 24.6 Å². The van der Waals surface area contributed by atoms with Crippen molar-refractivity contribution in [1.29, 1.82) is 0 Å². The zero-order valence-electron chi connectivity index (χ0n) is 11.0. The molecule has 2 N–H and O–H groups in total. The van der Waals surface area contributed by atoms with Gasteiger partial charge in [-0.15, -0.1) is 0 Å². The summed E-state index contributed by atoms with van der Waals surface area (Å²) < 4.78 is 7.31. The van der Waals surface area contributed by atoms with E-state index in [1.807, 2.05) is 36.0 Å². The van der Waals surface area contributed by atoms with E-state index in [2.05, 4.69) is 10.1 Å². The first-order valence-electron chi connectivity index (χ1n) is 6.62. The maximum atomic E-state index is 5.46. The smallest absolute Gasteiger partial charge is 0.158 e. The molecule has 3 rings (SSSR count). The lowest BCUT2D eigenvalue weighted by molar-refractivity contribution is 0.328. The monoisotopic (exact) mass is 258 g/mol. The van der Waals surface area contributed by atoms with Crippen molar-refractivity contribution in [1.82, 2.24) is 14.8 Å². The molecule has 1 saturated carbocycles. The fourth-order valence-electron chi connectivity index (χ4n) is 2.05. The van der Waals surface area contributed by atoms with Crippen molar-refractivity contribution < 1.29 is 4.74 Å². The third-order valence-electron chi connectivity index (χ3n) is 3.22. The Morgan fingerprint density at radius 1 is 1.32 bits per heavy atom. The van der Waals surface area contributed by atoms with Gasteiger partial charge in [-0.25, -0.2) is 9.67 Å². The summed E-state index contributed by atoms with van der Waals surface area (Å²) in [5.74, 6) is 3.29. The molecule has 1 aliphatic rings. The van der Waals surface area contributed by atoms with E-state index in [-0.39, 0.29) is 0 Å². The van der Waals surface area contributed by atoms with Gasteiger partial charge in [-0.2, -0.15) is 5.10 Å². The predicted molar refractivity (Wildman–Crippen MR) is 73.0 cm³/mol. The Balaban J connectivity index is 1.81. The number of ether oxygens (including phenoxy) is 1. The van der Waals surface area contributed by atoms with Crippen molar-refractivity contribution in [2.24, 2.45) is 12.8 Å². The molecule has 0 aliphatic heterocycles. The minimum atomic E-state index is 0.524. The highest BCUT2D eigenvalue weighted by atomic mass is 16.5. The van der Waals surface area contributed by atoms with Crippen molar-refractivity contribution in [3.63, 3.8) is 0 Å². The summed E-state index contributed by atoms with van der Waals surface area (Å²) in [6.07, 6.45) is 2.44. The second kappa shape index (κ2) is 5.01. The van der Waals surface area contributed by atoms with Crippen LogP contribution in [0, 0.1) is 0 Å². The lowest BCUT2D eigenvalue weighted by Crippen LogP contribution is -2.10. The van der Waals surface area contributed by atoms with Crippen LogP contribution in [0.5, 0.6) is 5.75 Å². The molecule has 5 heteroatoms. The van der Waals surface area contributed by atoms with E-state index in [0.717, 1.165) is 23.0 Å². The molecule has 2 aromatic rings. The van der Waals surface area contributed by atoms with Crippen LogP contribution in [0.2, 0.25) is 0 Å². The molecule has 0 bridgehead atoms. The van der Waals surface area contributed by atoms with E-state index in [9.17, 15) is 0 Å². The Morgan fingerprint density at radius 3 is 2.68 bits per heavy atom. The molecule has 0 saturated heterocycles. The van der Waals surface area contributed by atoms with Crippen LogP contribution in [0.15, 0.2) is 24.3 Å². The van der Waals surface area contributed by atoms with Gasteiger partial charge in [-0.1, -0.05) is 0 Å². The largest absolute Gasteiger partial charge is 0.492 e. The molecule has 100 valence electrons.